The van der Waals surface area contributed by atoms with Crippen LogP contribution in [0.25, 0.3) is 44.8 Å². The first kappa shape index (κ1) is 111. The number of hydrogen-bond acceptors (Lipinski definition) is 26. The molecule has 0 spiro atoms. The van der Waals surface area contributed by atoms with Gasteiger partial charge in [-0.1, -0.05) is 119 Å². The molecule has 5 unspecified atom stereocenters. The molecule has 45 heteroatoms. The molecular weight excluding hydrogens is 2020 g/mol. The zero-order chi connectivity index (χ0) is 104. The number of thiazole rings is 5. The number of amides is 5. The van der Waals surface area contributed by atoms with Crippen molar-refractivity contribution in [1.82, 2.24) is 66.5 Å². The van der Waals surface area contributed by atoms with E-state index in [1.807, 2.05) is 98.8 Å². The molecule has 0 radical (unpaired) electrons. The molecule has 5 aromatic carbocycles. The highest BCUT2D eigenvalue weighted by Crippen LogP contribution is 2.36. The number of benzene rings is 5. The van der Waals surface area contributed by atoms with Gasteiger partial charge < -0.3 is 101 Å². The Kier molecular flexibility index (Phi) is 40.4. The summed E-state index contributed by atoms with van der Waals surface area (Å²) in [6, 6.07) is 41.9. The molecule has 754 valence electrons. The number of aliphatic hydroxyl groups is 5. The number of aryl methyl sites for hydroxylation is 6. The van der Waals surface area contributed by atoms with Gasteiger partial charge in [0.2, 0.25) is 5.91 Å². The van der Waals surface area contributed by atoms with Crippen LogP contribution in [0.15, 0.2) is 206 Å². The second-order valence-electron chi connectivity index (χ2n) is 32.5. The Balaban J connectivity index is 0.000000172. The number of allylic oxidation sites excluding steroid dienone is 4. The maximum absolute atomic E-state index is 13.9. The predicted molar refractivity (Wildman–Crippen MR) is 573 cm³/mol. The van der Waals surface area contributed by atoms with Gasteiger partial charge in [-0.2, -0.15) is 0 Å². The second-order valence-corrected chi connectivity index (χ2v) is 39.8. The maximum atomic E-state index is 13.9. The summed E-state index contributed by atoms with van der Waals surface area (Å²) in [5, 5.41) is 67.3. The number of H-pyrrole nitrogens is 3. The number of guanidine groups is 1. The number of hydrogen-bond donors (Lipinski definition) is 19. The molecule has 35 nitrogen and oxygen atoms in total. The lowest BCUT2D eigenvalue weighted by molar-refractivity contribution is -0.118. The van der Waals surface area contributed by atoms with Crippen LogP contribution in [0.3, 0.4) is 0 Å². The van der Waals surface area contributed by atoms with E-state index in [4.69, 9.17) is 80.8 Å². The number of amidine groups is 4. The van der Waals surface area contributed by atoms with E-state index in [0.29, 0.717) is 132 Å². The van der Waals surface area contributed by atoms with Crippen molar-refractivity contribution in [3.8, 4) is 33.6 Å². The quantitative estimate of drug-likeness (QED) is 0.0134. The Bertz CT molecular complexity index is 6830. The molecule has 0 bridgehead atoms. The van der Waals surface area contributed by atoms with Crippen molar-refractivity contribution in [3.63, 3.8) is 0 Å². The summed E-state index contributed by atoms with van der Waals surface area (Å²) in [6.45, 7) is 17.5. The Labute approximate surface area is 869 Å². The monoisotopic (exact) mass is 2130 g/mol. The third kappa shape index (κ3) is 31.4. The van der Waals surface area contributed by atoms with Crippen molar-refractivity contribution in [3.05, 3.63) is 313 Å². The number of carbonyl (C=O) groups excluding carboxylic acids is 5. The van der Waals surface area contributed by atoms with Crippen molar-refractivity contribution in [2.45, 2.75) is 146 Å². The number of aliphatic hydroxyl groups excluding tert-OH is 5. The fourth-order valence-electron chi connectivity index (χ4n) is 13.8. The molecule has 25 N–H and O–H groups in total. The normalized spacial score (nSPS) is 13.5. The Morgan fingerprint density at radius 3 is 1.15 bits per heavy atom. The molecule has 5 amide bonds. The highest BCUT2D eigenvalue weighted by atomic mass is 35.5. The number of aromatic nitrogens is 8. The first-order valence-corrected chi connectivity index (χ1v) is 50.0. The van der Waals surface area contributed by atoms with E-state index in [9.17, 15) is 53.9 Å². The van der Waals surface area contributed by atoms with Crippen LogP contribution in [0.5, 0.6) is 0 Å². The molecule has 5 atom stereocenters. The summed E-state index contributed by atoms with van der Waals surface area (Å²) >= 11 is 30.3. The summed E-state index contributed by atoms with van der Waals surface area (Å²) in [5.41, 5.74) is 48.8. The van der Waals surface area contributed by atoms with E-state index < -0.39 is 30.5 Å². The number of rotatable bonds is 33. The number of aromatic amines is 3. The molecule has 144 heavy (non-hydrogen) atoms. The van der Waals surface area contributed by atoms with E-state index in [0.717, 1.165) is 91.7 Å². The fraction of sp³-hybridized carbons (Fsp3) is 0.253. The van der Waals surface area contributed by atoms with E-state index in [-0.39, 0.29) is 94.0 Å². The highest BCUT2D eigenvalue weighted by Gasteiger charge is 2.30. The van der Waals surface area contributed by atoms with Crippen LogP contribution >= 0.6 is 103 Å². The van der Waals surface area contributed by atoms with Gasteiger partial charge in [-0.05, 0) is 204 Å². The number of nitrogens with zero attached hydrogens (tertiary/aromatic N) is 11. The van der Waals surface area contributed by atoms with Crippen LogP contribution in [-0.4, -0.2) is 150 Å². The van der Waals surface area contributed by atoms with Gasteiger partial charge in [0.05, 0.1) is 129 Å². The molecule has 15 rings (SSSR count). The molecule has 0 fully saturated rings. The lowest BCUT2D eigenvalue weighted by atomic mass is 10.0. The van der Waals surface area contributed by atoms with Gasteiger partial charge in [0, 0.05) is 62.3 Å². The number of carbonyl (C=O) groups is 5. The van der Waals surface area contributed by atoms with Crippen molar-refractivity contribution in [1.29, 1.82) is 0 Å². The molecule has 1 aliphatic carbocycles. The van der Waals surface area contributed by atoms with Crippen LogP contribution in [0.1, 0.15) is 197 Å². The second kappa shape index (κ2) is 52.6. The molecule has 1 aliphatic heterocycles. The minimum absolute atomic E-state index is 0.0876. The number of nitrogens with one attached hydrogen (secondary N) is 8. The highest BCUT2D eigenvalue weighted by molar-refractivity contribution is 7.13. The van der Waals surface area contributed by atoms with Gasteiger partial charge in [0.1, 0.15) is 71.8 Å². The average molecular weight is 2130 g/mol. The topological polar surface area (TPSA) is 589 Å². The van der Waals surface area contributed by atoms with Crippen LogP contribution in [-0.2, 0) is 42.6 Å². The van der Waals surface area contributed by atoms with Crippen molar-refractivity contribution in [2.24, 2.45) is 64.4 Å². The average Bonchev–Trinajstić information content (AvgIpc) is 1.69. The smallest absolute Gasteiger partial charge is 0.269 e. The zero-order valence-electron chi connectivity index (χ0n) is 79.7. The number of halogens is 5. The lowest BCUT2D eigenvalue weighted by Crippen LogP contribution is -2.35. The molecular formula is C99H108Cl4FN25O10S5. The van der Waals surface area contributed by atoms with Crippen LogP contribution in [0, 0.1) is 47.4 Å². The van der Waals surface area contributed by atoms with Crippen LogP contribution < -0.4 is 61.0 Å². The van der Waals surface area contributed by atoms with Gasteiger partial charge in [-0.3, -0.25) is 43.9 Å². The first-order valence-electron chi connectivity index (χ1n) is 44.4. The van der Waals surface area contributed by atoms with Crippen LogP contribution in [0.4, 0.5) is 4.39 Å². The predicted octanol–water partition coefficient (Wildman–Crippen LogP) is 15.5. The summed E-state index contributed by atoms with van der Waals surface area (Å²) < 4.78 is 13.9. The summed E-state index contributed by atoms with van der Waals surface area (Å²) in [4.78, 5) is 124. The summed E-state index contributed by atoms with van der Waals surface area (Å²) in [5.74, 6) is -0.399. The zero-order valence-corrected chi connectivity index (χ0v) is 86.8. The van der Waals surface area contributed by atoms with Crippen molar-refractivity contribution in [2.75, 3.05) is 19.6 Å². The molecule has 0 saturated heterocycles. The SMILES string of the molecule is CC(N)=NC(NC(=O)c1cc(-c2ccc(Cl)cc2)c[nH]1)c1nc(C)c(CO)s1.CC(N)=NC(NC(=O)c1ccc(-c2ccc(Cl)cc2)[nH]1)c1nc(C)c(CO)s1.CC(N)=NCC(NC(=O)C1=NC=C(c2ccc(Cl)cc2)C1)c1nc(C)c(CO)s1.CC(N)=NCC(NC(=O)c1ccc(-c2ccc(Cl)cc2)[nH]1)c1nc(C)c(CO)s1.Cc1ccc(C2=CC=C(C(=O)NC(CN=C(N)N)c3nc(C)c(CO)s3)C2)cc1F. The Morgan fingerprint density at radius 1 is 0.396 bits per heavy atom. The van der Waals surface area contributed by atoms with E-state index in [1.165, 1.54) is 62.8 Å². The Hall–Kier alpha value is -13.6. The maximum Gasteiger partial charge on any atom is 0.269 e. The minimum Gasteiger partial charge on any atom is -0.391 e. The third-order valence-electron chi connectivity index (χ3n) is 21.4. The van der Waals surface area contributed by atoms with E-state index in [1.54, 1.807) is 135 Å². The summed E-state index contributed by atoms with van der Waals surface area (Å²) in [7, 11) is 0. The molecule has 2 aliphatic rings. The van der Waals surface area contributed by atoms with E-state index in [2.05, 4.69) is 96.4 Å². The van der Waals surface area contributed by atoms with Gasteiger partial charge in [0.25, 0.3) is 23.6 Å². The summed E-state index contributed by atoms with van der Waals surface area (Å²) in [6.07, 6.45) is 6.36. The van der Waals surface area contributed by atoms with Crippen molar-refractivity contribution < 1.29 is 53.9 Å². The van der Waals surface area contributed by atoms with Gasteiger partial charge in [0.15, 0.2) is 18.3 Å². The Morgan fingerprint density at radius 2 is 0.757 bits per heavy atom. The van der Waals surface area contributed by atoms with Gasteiger partial charge in [-0.15, -0.1) is 56.7 Å². The number of aliphatic imine (C=N–C) groups is 6. The number of nitrogens with two attached hydrogens (primary N) is 6. The largest absolute Gasteiger partial charge is 0.391 e. The minimum atomic E-state index is -0.733. The molecule has 9 heterocycles. The van der Waals surface area contributed by atoms with Crippen molar-refractivity contribution >= 4 is 179 Å². The standard InChI is InChI=1S/C21H24FN5O2S.2C20H22ClN5O2S.2C19H20ClN5O2S/c1-11-3-4-14(8-16(11)22)13-5-6-15(7-13)19(29)27-17(9-25-21(23)24)20-26-12(2)18(10-28)30-20;1-11-18(10-27)29-20(25-11)17(9-23-12(2)22)26-19(28)16-7-14(8-24-16)13-3-5-15(21)6-4-13;1-11-18(10-27)29-20(24-11)17(9-23-12(2)22)26-19(28)16-8-7-15(25-16)13-3-5-14(21)6-4-13;1-10-16(9-26)28-19(23-10)17(24-11(2)21)25-18(27)15-7-13(8-22-15)12-3-5-14(20)6-4-12;1-10-16(9-26)28-19(22-10)17(23-11(2)21)25-18(27)15-8-7-14(24-15)12-3-5-13(20)6-4-12/h3-6,8,17,28H,7,9-10H2,1-2H3,(H,27,29)(H4,23,24,25);3-6,8,17,27H,7,9-10H2,1-2H3,(H2,22,23)(H,26,28);3-8,17,25,27H,9-10H2,1-2H3,(H2,22,23)(H,26,28);3-8,17,22,26H,9H2,1-2H3,(H2,21,24)(H,25,27);3-8,17,24,26H,9H2,1-2H3,(H2,21,23)(H,25,27). The van der Waals surface area contributed by atoms with E-state index >= 15 is 0 Å². The van der Waals surface area contributed by atoms with Crippen LogP contribution in [0.2, 0.25) is 20.1 Å². The lowest BCUT2D eigenvalue weighted by Gasteiger charge is -2.15. The third-order valence-corrected chi connectivity index (χ3v) is 28.6. The molecule has 8 aromatic heterocycles. The van der Waals surface area contributed by atoms with Gasteiger partial charge in [-0.25, -0.2) is 39.3 Å². The molecule has 0 saturated carbocycles. The first-order chi connectivity index (χ1) is 68.7. The van der Waals surface area contributed by atoms with Gasteiger partial charge >= 0.3 is 0 Å². The molecule has 13 aromatic rings. The fourth-order valence-corrected chi connectivity index (χ4v) is 19.0.